The second-order valence-corrected chi connectivity index (χ2v) is 5.51. The Morgan fingerprint density at radius 2 is 1.90 bits per heavy atom. The van der Waals surface area contributed by atoms with Crippen molar-refractivity contribution in [2.45, 2.75) is 33.3 Å². The van der Waals surface area contributed by atoms with E-state index in [2.05, 4.69) is 15.6 Å². The van der Waals surface area contributed by atoms with Crippen LogP contribution in [0.4, 0.5) is 10.6 Å². The molecule has 0 bridgehead atoms. The van der Waals surface area contributed by atoms with Crippen LogP contribution in [0.1, 0.15) is 26.3 Å². The maximum absolute atomic E-state index is 11.6. The van der Waals surface area contributed by atoms with Gasteiger partial charge >= 0.3 is 6.09 Å². The molecule has 1 amide bonds. The van der Waals surface area contributed by atoms with Crippen LogP contribution in [0.25, 0.3) is 5.69 Å². The Morgan fingerprint density at radius 3 is 2.50 bits per heavy atom. The van der Waals surface area contributed by atoms with Crippen LogP contribution >= 0.6 is 0 Å². The number of aromatic nitrogens is 3. The number of anilines is 1. The van der Waals surface area contributed by atoms with Crippen LogP contribution in [0.5, 0.6) is 0 Å². The standard InChI is InChI=1S/C14H18N4O2/c1-10-5-7-11(8-6-10)18-9-12(16-17-18)15-13(19)20-14(2,3)4/h5-9H,1-4H3,(H,15,19). The van der Waals surface area contributed by atoms with Gasteiger partial charge in [0.1, 0.15) is 5.60 Å². The topological polar surface area (TPSA) is 69.0 Å². The molecule has 0 spiro atoms. The van der Waals surface area contributed by atoms with Crippen molar-refractivity contribution in [2.24, 2.45) is 0 Å². The fourth-order valence-corrected chi connectivity index (χ4v) is 1.55. The van der Waals surface area contributed by atoms with Gasteiger partial charge in [-0.25, -0.2) is 9.48 Å². The monoisotopic (exact) mass is 274 g/mol. The third kappa shape index (κ3) is 3.81. The van der Waals surface area contributed by atoms with E-state index in [1.54, 1.807) is 31.6 Å². The van der Waals surface area contributed by atoms with Gasteiger partial charge < -0.3 is 4.74 Å². The van der Waals surface area contributed by atoms with Crippen molar-refractivity contribution in [3.63, 3.8) is 0 Å². The molecular weight excluding hydrogens is 256 g/mol. The molecule has 2 rings (SSSR count). The number of amides is 1. The number of hydrogen-bond donors (Lipinski definition) is 1. The zero-order valence-corrected chi connectivity index (χ0v) is 12.0. The van der Waals surface area contributed by atoms with Gasteiger partial charge in [0.05, 0.1) is 11.9 Å². The number of benzene rings is 1. The first-order valence-electron chi connectivity index (χ1n) is 6.33. The summed E-state index contributed by atoms with van der Waals surface area (Å²) in [5, 5.41) is 10.4. The van der Waals surface area contributed by atoms with Gasteiger partial charge in [-0.05, 0) is 39.8 Å². The number of carbonyl (C=O) groups excluding carboxylic acids is 1. The van der Waals surface area contributed by atoms with E-state index < -0.39 is 11.7 Å². The Bertz CT molecular complexity index is 596. The van der Waals surface area contributed by atoms with E-state index in [4.69, 9.17) is 4.74 Å². The van der Waals surface area contributed by atoms with Crippen molar-refractivity contribution in [1.82, 2.24) is 15.0 Å². The lowest BCUT2D eigenvalue weighted by atomic mass is 10.2. The molecule has 1 aromatic heterocycles. The van der Waals surface area contributed by atoms with Crippen molar-refractivity contribution in [3.05, 3.63) is 36.0 Å². The zero-order valence-electron chi connectivity index (χ0n) is 12.0. The fraction of sp³-hybridized carbons (Fsp3) is 0.357. The lowest BCUT2D eigenvalue weighted by Crippen LogP contribution is -2.27. The van der Waals surface area contributed by atoms with Crippen LogP contribution in [0.3, 0.4) is 0 Å². The molecule has 2 aromatic rings. The Hall–Kier alpha value is -2.37. The molecule has 0 saturated heterocycles. The molecule has 0 aliphatic heterocycles. The predicted octanol–water partition coefficient (Wildman–Crippen LogP) is 2.92. The summed E-state index contributed by atoms with van der Waals surface area (Å²) in [7, 11) is 0. The SMILES string of the molecule is Cc1ccc(-n2cc(NC(=O)OC(C)(C)C)nn2)cc1. The highest BCUT2D eigenvalue weighted by Gasteiger charge is 2.17. The van der Waals surface area contributed by atoms with Crippen molar-refractivity contribution < 1.29 is 9.53 Å². The molecule has 1 heterocycles. The van der Waals surface area contributed by atoms with Gasteiger partial charge in [-0.1, -0.05) is 22.9 Å². The predicted molar refractivity (Wildman–Crippen MR) is 76.0 cm³/mol. The smallest absolute Gasteiger partial charge is 0.413 e. The molecule has 0 fully saturated rings. The summed E-state index contributed by atoms with van der Waals surface area (Å²) in [6.45, 7) is 7.42. The molecule has 0 radical (unpaired) electrons. The van der Waals surface area contributed by atoms with Gasteiger partial charge in [0.15, 0.2) is 5.82 Å². The lowest BCUT2D eigenvalue weighted by molar-refractivity contribution is 0.0635. The second-order valence-electron chi connectivity index (χ2n) is 5.51. The average molecular weight is 274 g/mol. The minimum atomic E-state index is -0.548. The summed E-state index contributed by atoms with van der Waals surface area (Å²) in [5.41, 5.74) is 1.50. The van der Waals surface area contributed by atoms with E-state index in [0.717, 1.165) is 5.69 Å². The van der Waals surface area contributed by atoms with E-state index in [1.807, 2.05) is 31.2 Å². The normalized spacial score (nSPS) is 11.2. The average Bonchev–Trinajstić information content (AvgIpc) is 2.75. The first-order chi connectivity index (χ1) is 9.33. The summed E-state index contributed by atoms with van der Waals surface area (Å²) < 4.78 is 6.73. The van der Waals surface area contributed by atoms with E-state index in [-0.39, 0.29) is 0 Å². The Kier molecular flexibility index (Phi) is 3.74. The first kappa shape index (κ1) is 14.0. The van der Waals surface area contributed by atoms with Crippen molar-refractivity contribution in [3.8, 4) is 5.69 Å². The lowest BCUT2D eigenvalue weighted by Gasteiger charge is -2.18. The number of aryl methyl sites for hydroxylation is 1. The maximum atomic E-state index is 11.6. The van der Waals surface area contributed by atoms with E-state index in [9.17, 15) is 4.79 Å². The third-order valence-corrected chi connectivity index (χ3v) is 2.42. The number of rotatable bonds is 2. The van der Waals surface area contributed by atoms with Crippen LogP contribution in [0.15, 0.2) is 30.5 Å². The molecular formula is C14H18N4O2. The fourth-order valence-electron chi connectivity index (χ4n) is 1.55. The van der Waals surface area contributed by atoms with E-state index in [0.29, 0.717) is 5.82 Å². The van der Waals surface area contributed by atoms with Gasteiger partial charge in [0.2, 0.25) is 0 Å². The van der Waals surface area contributed by atoms with Crippen LogP contribution < -0.4 is 5.32 Å². The summed E-state index contributed by atoms with van der Waals surface area (Å²) in [5.74, 6) is 0.347. The van der Waals surface area contributed by atoms with Crippen LogP contribution in [-0.2, 0) is 4.74 Å². The largest absolute Gasteiger partial charge is 0.444 e. The number of hydrogen-bond acceptors (Lipinski definition) is 4. The summed E-state index contributed by atoms with van der Waals surface area (Å²) >= 11 is 0. The van der Waals surface area contributed by atoms with Crippen LogP contribution in [0.2, 0.25) is 0 Å². The molecule has 20 heavy (non-hydrogen) atoms. The molecule has 6 heteroatoms. The molecule has 1 aromatic carbocycles. The molecule has 0 unspecified atom stereocenters. The van der Waals surface area contributed by atoms with Crippen LogP contribution in [-0.4, -0.2) is 26.7 Å². The molecule has 1 N–H and O–H groups in total. The number of carbonyl (C=O) groups is 1. The first-order valence-corrected chi connectivity index (χ1v) is 6.33. The highest BCUT2D eigenvalue weighted by Crippen LogP contribution is 2.12. The van der Waals surface area contributed by atoms with Gasteiger partial charge in [0.25, 0.3) is 0 Å². The number of ether oxygens (including phenoxy) is 1. The van der Waals surface area contributed by atoms with Gasteiger partial charge in [-0.15, -0.1) is 5.10 Å². The minimum absolute atomic E-state index is 0.347. The maximum Gasteiger partial charge on any atom is 0.413 e. The molecule has 0 saturated carbocycles. The van der Waals surface area contributed by atoms with Crippen molar-refractivity contribution >= 4 is 11.9 Å². The molecule has 0 aliphatic carbocycles. The zero-order chi connectivity index (χ0) is 14.8. The van der Waals surface area contributed by atoms with Gasteiger partial charge in [-0.3, -0.25) is 5.32 Å². The third-order valence-electron chi connectivity index (χ3n) is 2.42. The quantitative estimate of drug-likeness (QED) is 0.914. The molecule has 106 valence electrons. The summed E-state index contributed by atoms with van der Waals surface area (Å²) in [6.07, 6.45) is 1.09. The Balaban J connectivity index is 2.06. The highest BCUT2D eigenvalue weighted by molar-refractivity contribution is 5.83. The van der Waals surface area contributed by atoms with E-state index in [1.165, 1.54) is 5.56 Å². The summed E-state index contributed by atoms with van der Waals surface area (Å²) in [4.78, 5) is 11.6. The number of nitrogens with zero attached hydrogens (tertiary/aromatic N) is 3. The Labute approximate surface area is 117 Å². The molecule has 0 atom stereocenters. The number of nitrogens with one attached hydrogen (secondary N) is 1. The van der Waals surface area contributed by atoms with Crippen LogP contribution in [0, 0.1) is 6.92 Å². The Morgan fingerprint density at radius 1 is 1.25 bits per heavy atom. The van der Waals surface area contributed by atoms with Crippen molar-refractivity contribution in [2.75, 3.05) is 5.32 Å². The van der Waals surface area contributed by atoms with Gasteiger partial charge in [-0.2, -0.15) is 0 Å². The second kappa shape index (κ2) is 5.32. The minimum Gasteiger partial charge on any atom is -0.444 e. The van der Waals surface area contributed by atoms with Crippen molar-refractivity contribution in [1.29, 1.82) is 0 Å². The summed E-state index contributed by atoms with van der Waals surface area (Å²) in [6, 6.07) is 7.83. The van der Waals surface area contributed by atoms with Gasteiger partial charge in [0, 0.05) is 0 Å². The van der Waals surface area contributed by atoms with E-state index >= 15 is 0 Å². The molecule has 0 aliphatic rings. The molecule has 6 nitrogen and oxygen atoms in total. The highest BCUT2D eigenvalue weighted by atomic mass is 16.6.